The number of hydrogen-bond acceptors (Lipinski definition) is 3. The zero-order chi connectivity index (χ0) is 12.5. The summed E-state index contributed by atoms with van der Waals surface area (Å²) < 4.78 is 0. The third-order valence-electron chi connectivity index (χ3n) is 3.03. The van der Waals surface area contributed by atoms with Gasteiger partial charge in [0, 0.05) is 19.3 Å². The minimum atomic E-state index is 0.710. The van der Waals surface area contributed by atoms with E-state index in [1.807, 2.05) is 18.3 Å². The number of rotatable bonds is 8. The van der Waals surface area contributed by atoms with E-state index in [9.17, 15) is 0 Å². The smallest absolute Gasteiger partial charge is 0.0543 e. The van der Waals surface area contributed by atoms with Crippen molar-refractivity contribution in [1.82, 2.24) is 9.88 Å². The maximum atomic E-state index is 5.54. The van der Waals surface area contributed by atoms with Crippen LogP contribution in [-0.2, 0) is 6.54 Å². The Morgan fingerprint density at radius 1 is 1.41 bits per heavy atom. The molecule has 0 fully saturated rings. The van der Waals surface area contributed by atoms with E-state index in [0.29, 0.717) is 5.92 Å². The molecule has 1 atom stereocenters. The summed E-state index contributed by atoms with van der Waals surface area (Å²) in [6, 6.07) is 6.10. The molecule has 1 aromatic rings. The molecule has 0 aromatic carbocycles. The van der Waals surface area contributed by atoms with Crippen LogP contribution in [0, 0.1) is 5.92 Å². The lowest BCUT2D eigenvalue weighted by Crippen LogP contribution is -2.28. The van der Waals surface area contributed by atoms with Gasteiger partial charge in [-0.3, -0.25) is 9.88 Å². The molecule has 0 aliphatic heterocycles. The molecule has 0 aliphatic rings. The summed E-state index contributed by atoms with van der Waals surface area (Å²) in [5, 5.41) is 0. The topological polar surface area (TPSA) is 42.2 Å². The monoisotopic (exact) mass is 235 g/mol. The molecule has 0 amide bonds. The van der Waals surface area contributed by atoms with Gasteiger partial charge in [-0.05, 0) is 44.0 Å². The fourth-order valence-corrected chi connectivity index (χ4v) is 2.02. The molecule has 1 unspecified atom stereocenters. The van der Waals surface area contributed by atoms with E-state index in [-0.39, 0.29) is 0 Å². The summed E-state index contributed by atoms with van der Waals surface area (Å²) in [4.78, 5) is 6.82. The van der Waals surface area contributed by atoms with Crippen LogP contribution in [0.2, 0.25) is 0 Å². The highest BCUT2D eigenvalue weighted by atomic mass is 15.1. The first-order valence-electron chi connectivity index (χ1n) is 6.58. The molecule has 96 valence electrons. The number of pyridine rings is 1. The highest BCUT2D eigenvalue weighted by Crippen LogP contribution is 2.09. The Morgan fingerprint density at radius 2 is 2.24 bits per heavy atom. The minimum Gasteiger partial charge on any atom is -0.330 e. The molecule has 1 aromatic heterocycles. The second-order valence-electron chi connectivity index (χ2n) is 4.68. The molecule has 0 bridgehead atoms. The van der Waals surface area contributed by atoms with Crippen molar-refractivity contribution in [3.05, 3.63) is 30.1 Å². The maximum absolute atomic E-state index is 5.54. The Bertz CT molecular complexity index is 287. The van der Waals surface area contributed by atoms with Crippen molar-refractivity contribution in [3.8, 4) is 0 Å². The predicted octanol–water partition coefficient (Wildman–Crippen LogP) is 2.28. The largest absolute Gasteiger partial charge is 0.330 e. The third kappa shape index (κ3) is 5.80. The summed E-state index contributed by atoms with van der Waals surface area (Å²) in [6.07, 6.45) is 4.21. The SMILES string of the molecule is CCN(Cc1ccccn1)CC(C)CCCN. The molecule has 0 saturated carbocycles. The average molecular weight is 235 g/mol. The van der Waals surface area contributed by atoms with Gasteiger partial charge in [0.15, 0.2) is 0 Å². The van der Waals surface area contributed by atoms with Crippen molar-refractivity contribution in [1.29, 1.82) is 0 Å². The van der Waals surface area contributed by atoms with Crippen LogP contribution < -0.4 is 5.73 Å². The van der Waals surface area contributed by atoms with Crippen LogP contribution in [0.3, 0.4) is 0 Å². The lowest BCUT2D eigenvalue weighted by atomic mass is 10.0. The molecular formula is C14H25N3. The van der Waals surface area contributed by atoms with E-state index >= 15 is 0 Å². The maximum Gasteiger partial charge on any atom is 0.0543 e. The summed E-state index contributed by atoms with van der Waals surface area (Å²) in [7, 11) is 0. The Hall–Kier alpha value is -0.930. The second kappa shape index (κ2) is 8.20. The Balaban J connectivity index is 2.38. The molecule has 3 heteroatoms. The van der Waals surface area contributed by atoms with Crippen molar-refractivity contribution in [2.24, 2.45) is 11.7 Å². The van der Waals surface area contributed by atoms with Gasteiger partial charge in [0.1, 0.15) is 0 Å². The Labute approximate surface area is 105 Å². The fourth-order valence-electron chi connectivity index (χ4n) is 2.02. The Morgan fingerprint density at radius 3 is 2.82 bits per heavy atom. The quantitative estimate of drug-likeness (QED) is 0.751. The number of aromatic nitrogens is 1. The molecule has 17 heavy (non-hydrogen) atoms. The number of nitrogens with two attached hydrogens (primary N) is 1. The van der Waals surface area contributed by atoms with Gasteiger partial charge in [0.25, 0.3) is 0 Å². The molecule has 0 aliphatic carbocycles. The van der Waals surface area contributed by atoms with E-state index < -0.39 is 0 Å². The van der Waals surface area contributed by atoms with E-state index in [0.717, 1.165) is 38.3 Å². The van der Waals surface area contributed by atoms with Crippen LogP contribution >= 0.6 is 0 Å². The fraction of sp³-hybridized carbons (Fsp3) is 0.643. The molecular weight excluding hydrogens is 210 g/mol. The molecule has 0 radical (unpaired) electrons. The first-order valence-corrected chi connectivity index (χ1v) is 6.58. The summed E-state index contributed by atoms with van der Waals surface area (Å²) >= 11 is 0. The summed E-state index contributed by atoms with van der Waals surface area (Å²) in [6.45, 7) is 8.47. The van der Waals surface area contributed by atoms with Crippen LogP contribution in [0.4, 0.5) is 0 Å². The van der Waals surface area contributed by atoms with E-state index in [4.69, 9.17) is 5.73 Å². The van der Waals surface area contributed by atoms with Gasteiger partial charge in [-0.1, -0.05) is 19.9 Å². The van der Waals surface area contributed by atoms with Gasteiger partial charge in [-0.2, -0.15) is 0 Å². The average Bonchev–Trinajstić information content (AvgIpc) is 2.36. The highest BCUT2D eigenvalue weighted by Gasteiger charge is 2.09. The van der Waals surface area contributed by atoms with E-state index in [1.165, 1.54) is 6.42 Å². The van der Waals surface area contributed by atoms with Gasteiger partial charge in [0.05, 0.1) is 5.69 Å². The predicted molar refractivity (Wildman–Crippen MR) is 72.6 cm³/mol. The molecule has 1 heterocycles. The first kappa shape index (κ1) is 14.1. The first-order chi connectivity index (χ1) is 8.26. The lowest BCUT2D eigenvalue weighted by molar-refractivity contribution is 0.231. The van der Waals surface area contributed by atoms with Crippen LogP contribution in [0.1, 0.15) is 32.4 Å². The lowest BCUT2D eigenvalue weighted by Gasteiger charge is -2.23. The van der Waals surface area contributed by atoms with Crippen molar-refractivity contribution in [2.45, 2.75) is 33.2 Å². The van der Waals surface area contributed by atoms with Gasteiger partial charge in [-0.25, -0.2) is 0 Å². The van der Waals surface area contributed by atoms with Crippen LogP contribution in [0.5, 0.6) is 0 Å². The molecule has 0 saturated heterocycles. The van der Waals surface area contributed by atoms with Crippen molar-refractivity contribution in [2.75, 3.05) is 19.6 Å². The highest BCUT2D eigenvalue weighted by molar-refractivity contribution is 5.03. The van der Waals surface area contributed by atoms with Crippen molar-refractivity contribution < 1.29 is 0 Å². The van der Waals surface area contributed by atoms with Gasteiger partial charge < -0.3 is 5.73 Å². The summed E-state index contributed by atoms with van der Waals surface area (Å²) in [5.74, 6) is 0.710. The van der Waals surface area contributed by atoms with E-state index in [2.05, 4.69) is 29.8 Å². The zero-order valence-electron chi connectivity index (χ0n) is 11.1. The summed E-state index contributed by atoms with van der Waals surface area (Å²) in [5.41, 5.74) is 6.69. The normalized spacial score (nSPS) is 12.9. The number of nitrogens with zero attached hydrogens (tertiary/aromatic N) is 2. The van der Waals surface area contributed by atoms with Gasteiger partial charge in [0.2, 0.25) is 0 Å². The van der Waals surface area contributed by atoms with Crippen molar-refractivity contribution >= 4 is 0 Å². The molecule has 1 rings (SSSR count). The molecule has 2 N–H and O–H groups in total. The zero-order valence-corrected chi connectivity index (χ0v) is 11.1. The molecule has 3 nitrogen and oxygen atoms in total. The molecule has 0 spiro atoms. The van der Waals surface area contributed by atoms with Gasteiger partial charge in [-0.15, -0.1) is 0 Å². The van der Waals surface area contributed by atoms with Crippen LogP contribution in [0.25, 0.3) is 0 Å². The van der Waals surface area contributed by atoms with Crippen LogP contribution in [-0.4, -0.2) is 29.5 Å². The minimum absolute atomic E-state index is 0.710. The third-order valence-corrected chi connectivity index (χ3v) is 3.03. The second-order valence-corrected chi connectivity index (χ2v) is 4.68. The van der Waals surface area contributed by atoms with Gasteiger partial charge >= 0.3 is 0 Å². The van der Waals surface area contributed by atoms with Crippen molar-refractivity contribution in [3.63, 3.8) is 0 Å². The standard InChI is InChI=1S/C14H25N3/c1-3-17(11-13(2)7-6-9-15)12-14-8-4-5-10-16-14/h4-5,8,10,13H,3,6-7,9,11-12,15H2,1-2H3. The Kier molecular flexibility index (Phi) is 6.82. The van der Waals surface area contributed by atoms with Crippen LogP contribution in [0.15, 0.2) is 24.4 Å². The van der Waals surface area contributed by atoms with E-state index in [1.54, 1.807) is 0 Å². The number of hydrogen-bond donors (Lipinski definition) is 1.